The number of nitrogens with one attached hydrogen (secondary N) is 2. The van der Waals surface area contributed by atoms with Crippen LogP contribution >= 0.6 is 0 Å². The van der Waals surface area contributed by atoms with E-state index in [0.29, 0.717) is 22.8 Å². The minimum Gasteiger partial charge on any atom is -0.493 e. The Morgan fingerprint density at radius 1 is 1.00 bits per heavy atom. The van der Waals surface area contributed by atoms with Crippen molar-refractivity contribution in [1.82, 2.24) is 10.6 Å². The van der Waals surface area contributed by atoms with Gasteiger partial charge in [-0.25, -0.2) is 0 Å². The molecular formula is C25H26N2O5. The molecule has 3 aromatic rings. The minimum absolute atomic E-state index is 0.0543. The summed E-state index contributed by atoms with van der Waals surface area (Å²) in [5.74, 6) is 0.435. The number of hydrogen-bond acceptors (Lipinski definition) is 5. The second-order valence-electron chi connectivity index (χ2n) is 7.20. The van der Waals surface area contributed by atoms with Crippen molar-refractivity contribution in [1.29, 1.82) is 0 Å². The van der Waals surface area contributed by atoms with Crippen molar-refractivity contribution in [2.75, 3.05) is 14.2 Å². The summed E-state index contributed by atoms with van der Waals surface area (Å²) >= 11 is 0. The van der Waals surface area contributed by atoms with Gasteiger partial charge in [-0.1, -0.05) is 29.8 Å². The van der Waals surface area contributed by atoms with Crippen molar-refractivity contribution in [2.24, 2.45) is 0 Å². The standard InChI is InChI=1S/C25H26N2O5/c1-16-7-9-18(10-8-16)17(2)26-25(29)21(15-20-6-5-13-32-20)27-24(28)19-11-12-22(30-3)23(14-19)31-4/h5-15,17H,1-4H3,(H,26,29)(H,27,28)/b21-15-. The monoisotopic (exact) mass is 434 g/mol. The van der Waals surface area contributed by atoms with Crippen LogP contribution in [0.3, 0.4) is 0 Å². The highest BCUT2D eigenvalue weighted by atomic mass is 16.5. The van der Waals surface area contributed by atoms with E-state index in [1.165, 1.54) is 26.6 Å². The summed E-state index contributed by atoms with van der Waals surface area (Å²) in [5.41, 5.74) is 2.45. The lowest BCUT2D eigenvalue weighted by molar-refractivity contribution is -0.118. The van der Waals surface area contributed by atoms with E-state index in [1.807, 2.05) is 38.1 Å². The zero-order valence-corrected chi connectivity index (χ0v) is 18.5. The smallest absolute Gasteiger partial charge is 0.268 e. The average molecular weight is 434 g/mol. The Morgan fingerprint density at radius 3 is 2.34 bits per heavy atom. The molecule has 1 aromatic heterocycles. The molecular weight excluding hydrogens is 408 g/mol. The van der Waals surface area contributed by atoms with E-state index in [9.17, 15) is 9.59 Å². The van der Waals surface area contributed by atoms with Gasteiger partial charge >= 0.3 is 0 Å². The SMILES string of the molecule is COc1ccc(C(=O)N/C(=C\c2ccco2)C(=O)NC(C)c2ccc(C)cc2)cc1OC. The summed E-state index contributed by atoms with van der Waals surface area (Å²) < 4.78 is 15.8. The molecule has 7 heteroatoms. The topological polar surface area (TPSA) is 89.8 Å². The number of hydrogen-bond donors (Lipinski definition) is 2. The fourth-order valence-electron chi connectivity index (χ4n) is 3.06. The van der Waals surface area contributed by atoms with Crippen LogP contribution in [0.5, 0.6) is 11.5 Å². The number of methoxy groups -OCH3 is 2. The quantitative estimate of drug-likeness (QED) is 0.517. The zero-order chi connectivity index (χ0) is 23.1. The van der Waals surface area contributed by atoms with E-state index in [0.717, 1.165) is 11.1 Å². The first-order valence-corrected chi connectivity index (χ1v) is 10.1. The molecule has 0 bridgehead atoms. The lowest BCUT2D eigenvalue weighted by Gasteiger charge is -2.17. The van der Waals surface area contributed by atoms with Crippen LogP contribution < -0.4 is 20.1 Å². The molecule has 166 valence electrons. The van der Waals surface area contributed by atoms with Crippen molar-refractivity contribution in [3.05, 3.63) is 89.0 Å². The number of ether oxygens (including phenoxy) is 2. The average Bonchev–Trinajstić information content (AvgIpc) is 3.31. The molecule has 0 aliphatic rings. The molecule has 1 atom stereocenters. The lowest BCUT2D eigenvalue weighted by Crippen LogP contribution is -2.36. The molecule has 3 rings (SSSR count). The summed E-state index contributed by atoms with van der Waals surface area (Å²) in [6.07, 6.45) is 2.97. The lowest BCUT2D eigenvalue weighted by atomic mass is 10.1. The van der Waals surface area contributed by atoms with E-state index in [4.69, 9.17) is 13.9 Å². The van der Waals surface area contributed by atoms with Gasteiger partial charge in [0.05, 0.1) is 26.5 Å². The van der Waals surface area contributed by atoms with Gasteiger partial charge in [-0.3, -0.25) is 9.59 Å². The van der Waals surface area contributed by atoms with Gasteiger partial charge in [-0.15, -0.1) is 0 Å². The first-order valence-electron chi connectivity index (χ1n) is 10.1. The Labute approximate surface area is 187 Å². The zero-order valence-electron chi connectivity index (χ0n) is 18.5. The third kappa shape index (κ3) is 5.57. The van der Waals surface area contributed by atoms with Crippen molar-refractivity contribution in [3.63, 3.8) is 0 Å². The largest absolute Gasteiger partial charge is 0.493 e. The predicted octanol–water partition coefficient (Wildman–Crippen LogP) is 4.25. The Balaban J connectivity index is 1.82. The Hall–Kier alpha value is -4.00. The minimum atomic E-state index is -0.470. The van der Waals surface area contributed by atoms with Gasteiger partial charge in [-0.2, -0.15) is 0 Å². The second-order valence-corrected chi connectivity index (χ2v) is 7.20. The van der Waals surface area contributed by atoms with Gasteiger partial charge in [0, 0.05) is 11.6 Å². The van der Waals surface area contributed by atoms with Crippen LogP contribution in [0.4, 0.5) is 0 Å². The molecule has 1 unspecified atom stereocenters. The van der Waals surface area contributed by atoms with E-state index < -0.39 is 11.8 Å². The molecule has 0 aliphatic heterocycles. The van der Waals surface area contributed by atoms with Crippen LogP contribution in [-0.4, -0.2) is 26.0 Å². The number of benzene rings is 2. The Kier molecular flexibility index (Phi) is 7.33. The molecule has 2 N–H and O–H groups in total. The van der Waals surface area contributed by atoms with Crippen molar-refractivity contribution < 1.29 is 23.5 Å². The molecule has 0 saturated carbocycles. The van der Waals surface area contributed by atoms with Gasteiger partial charge < -0.3 is 24.5 Å². The van der Waals surface area contributed by atoms with Crippen molar-refractivity contribution >= 4 is 17.9 Å². The predicted molar refractivity (Wildman–Crippen MR) is 121 cm³/mol. The highest BCUT2D eigenvalue weighted by Crippen LogP contribution is 2.27. The molecule has 2 aromatic carbocycles. The summed E-state index contributed by atoms with van der Waals surface area (Å²) in [5, 5.41) is 5.60. The number of furan rings is 1. The first kappa shape index (κ1) is 22.7. The van der Waals surface area contributed by atoms with Crippen LogP contribution in [0.1, 0.15) is 40.2 Å². The van der Waals surface area contributed by atoms with Gasteiger partial charge in [0.1, 0.15) is 11.5 Å². The number of carbonyl (C=O) groups is 2. The molecule has 32 heavy (non-hydrogen) atoms. The third-order valence-corrected chi connectivity index (χ3v) is 4.89. The summed E-state index contributed by atoms with van der Waals surface area (Å²) in [7, 11) is 3.00. The van der Waals surface area contributed by atoms with Gasteiger partial charge in [0.25, 0.3) is 11.8 Å². The molecule has 0 saturated heterocycles. The molecule has 1 heterocycles. The number of rotatable bonds is 8. The molecule has 0 radical (unpaired) electrons. The Morgan fingerprint density at radius 2 is 1.72 bits per heavy atom. The van der Waals surface area contributed by atoms with Crippen LogP contribution in [-0.2, 0) is 4.79 Å². The normalized spacial score (nSPS) is 12.1. The summed E-state index contributed by atoms with van der Waals surface area (Å²) in [4.78, 5) is 25.9. The van der Waals surface area contributed by atoms with Crippen molar-refractivity contribution in [2.45, 2.75) is 19.9 Å². The first-order chi connectivity index (χ1) is 15.4. The van der Waals surface area contributed by atoms with E-state index in [2.05, 4.69) is 10.6 Å². The summed E-state index contributed by atoms with van der Waals surface area (Å²) in [6, 6.07) is 15.8. The van der Waals surface area contributed by atoms with Crippen LogP contribution in [0.15, 0.2) is 71.0 Å². The third-order valence-electron chi connectivity index (χ3n) is 4.89. The highest BCUT2D eigenvalue weighted by molar-refractivity contribution is 6.05. The maximum Gasteiger partial charge on any atom is 0.268 e. The van der Waals surface area contributed by atoms with E-state index in [1.54, 1.807) is 30.3 Å². The molecule has 2 amide bonds. The second kappa shape index (κ2) is 10.3. The molecule has 0 spiro atoms. The number of aryl methyl sites for hydroxylation is 1. The van der Waals surface area contributed by atoms with Gasteiger partial charge in [-0.05, 0) is 49.7 Å². The number of carbonyl (C=O) groups excluding carboxylic acids is 2. The maximum atomic E-state index is 13.0. The van der Waals surface area contributed by atoms with Crippen LogP contribution in [0.2, 0.25) is 0 Å². The van der Waals surface area contributed by atoms with Gasteiger partial charge in [0.2, 0.25) is 0 Å². The van der Waals surface area contributed by atoms with Crippen LogP contribution in [0.25, 0.3) is 6.08 Å². The molecule has 0 fully saturated rings. The van der Waals surface area contributed by atoms with E-state index >= 15 is 0 Å². The Bertz CT molecular complexity index is 1100. The fourth-order valence-corrected chi connectivity index (χ4v) is 3.06. The number of amides is 2. The fraction of sp³-hybridized carbons (Fsp3) is 0.200. The maximum absolute atomic E-state index is 13.0. The summed E-state index contributed by atoms with van der Waals surface area (Å²) in [6.45, 7) is 3.88. The van der Waals surface area contributed by atoms with Crippen LogP contribution in [0, 0.1) is 6.92 Å². The van der Waals surface area contributed by atoms with Crippen molar-refractivity contribution in [3.8, 4) is 11.5 Å². The molecule has 0 aliphatic carbocycles. The molecule has 7 nitrogen and oxygen atoms in total. The highest BCUT2D eigenvalue weighted by Gasteiger charge is 2.19. The van der Waals surface area contributed by atoms with Gasteiger partial charge in [0.15, 0.2) is 11.5 Å². The van der Waals surface area contributed by atoms with E-state index in [-0.39, 0.29) is 11.7 Å².